The third-order valence-electron chi connectivity index (χ3n) is 6.01. The molecule has 0 heterocycles. The standard InChI is InChI=1S/C29H35N5O2S/c1-19(2)26-15-23(25-10-8-7-9-22(25)17-30)16-27(20(3)4)28(26)32-29(35)33-37(31,36)24-13-11-21(12-14-24)18-34(5)6/h7-16,19-20H,18H2,1-6H3,(H3,31,32,33,35,36). The molecule has 0 saturated carbocycles. The fraction of sp³-hybridized carbons (Fsp3) is 0.310. The Morgan fingerprint density at radius 1 is 1.03 bits per heavy atom. The van der Waals surface area contributed by atoms with E-state index >= 15 is 0 Å². The summed E-state index contributed by atoms with van der Waals surface area (Å²) in [5.41, 5.74) is 5.78. The Morgan fingerprint density at radius 2 is 1.59 bits per heavy atom. The van der Waals surface area contributed by atoms with Crippen LogP contribution in [0.1, 0.15) is 61.8 Å². The monoisotopic (exact) mass is 517 g/mol. The van der Waals surface area contributed by atoms with Gasteiger partial charge < -0.3 is 10.2 Å². The summed E-state index contributed by atoms with van der Waals surface area (Å²) in [6.45, 7) is 8.87. The second-order valence-electron chi connectivity index (χ2n) is 9.97. The predicted octanol–water partition coefficient (Wildman–Crippen LogP) is 6.47. The first-order valence-electron chi connectivity index (χ1n) is 12.2. The van der Waals surface area contributed by atoms with Crippen molar-refractivity contribution in [3.63, 3.8) is 0 Å². The molecule has 37 heavy (non-hydrogen) atoms. The van der Waals surface area contributed by atoms with Gasteiger partial charge in [-0.15, -0.1) is 4.36 Å². The van der Waals surface area contributed by atoms with Gasteiger partial charge in [0.15, 0.2) is 0 Å². The van der Waals surface area contributed by atoms with Gasteiger partial charge in [0.05, 0.1) is 16.5 Å². The molecule has 0 bridgehead atoms. The van der Waals surface area contributed by atoms with E-state index in [1.54, 1.807) is 18.2 Å². The summed E-state index contributed by atoms with van der Waals surface area (Å²) in [6.07, 6.45) is 0. The zero-order valence-electron chi connectivity index (χ0n) is 22.3. The molecule has 3 aromatic carbocycles. The molecule has 0 aliphatic rings. The number of hydrogen-bond acceptors (Lipinski definition) is 4. The van der Waals surface area contributed by atoms with Gasteiger partial charge in [0.1, 0.15) is 9.92 Å². The number of benzene rings is 3. The summed E-state index contributed by atoms with van der Waals surface area (Å²) in [5, 5.41) is 18.5. The van der Waals surface area contributed by atoms with E-state index in [1.165, 1.54) is 0 Å². The number of nitrogens with zero attached hydrogens (tertiary/aromatic N) is 3. The van der Waals surface area contributed by atoms with Crippen LogP contribution in [0.3, 0.4) is 0 Å². The van der Waals surface area contributed by atoms with E-state index in [0.29, 0.717) is 16.1 Å². The summed E-state index contributed by atoms with van der Waals surface area (Å²) in [6, 6.07) is 19.9. The summed E-state index contributed by atoms with van der Waals surface area (Å²) < 4.78 is 17.1. The Labute approximate surface area is 220 Å². The maximum absolute atomic E-state index is 13.2. The number of urea groups is 1. The molecule has 0 aromatic heterocycles. The molecule has 1 atom stereocenters. The zero-order valence-corrected chi connectivity index (χ0v) is 23.1. The van der Waals surface area contributed by atoms with Crippen LogP contribution in [0.5, 0.6) is 0 Å². The van der Waals surface area contributed by atoms with Gasteiger partial charge in [0.25, 0.3) is 0 Å². The Kier molecular flexibility index (Phi) is 8.87. The van der Waals surface area contributed by atoms with Gasteiger partial charge in [-0.05, 0) is 84.1 Å². The first kappa shape index (κ1) is 28.1. The highest BCUT2D eigenvalue weighted by molar-refractivity contribution is 7.91. The van der Waals surface area contributed by atoms with E-state index in [9.17, 15) is 14.3 Å². The highest BCUT2D eigenvalue weighted by Gasteiger charge is 2.20. The van der Waals surface area contributed by atoms with Crippen LogP contribution in [0.4, 0.5) is 10.5 Å². The minimum absolute atomic E-state index is 0.0634. The molecular weight excluding hydrogens is 482 g/mol. The van der Waals surface area contributed by atoms with E-state index in [-0.39, 0.29) is 11.8 Å². The Morgan fingerprint density at radius 3 is 2.11 bits per heavy atom. The number of nitriles is 1. The van der Waals surface area contributed by atoms with Crippen LogP contribution in [-0.4, -0.2) is 29.2 Å². The van der Waals surface area contributed by atoms with E-state index in [2.05, 4.69) is 15.7 Å². The Balaban J connectivity index is 2.03. The van der Waals surface area contributed by atoms with Gasteiger partial charge >= 0.3 is 6.03 Å². The SMILES string of the molecule is CC(C)c1cc(-c2ccccc2C#N)cc(C(C)C)c1NC(=O)N=S(N)(=O)c1ccc(CN(C)C)cc1. The highest BCUT2D eigenvalue weighted by Crippen LogP contribution is 2.38. The molecule has 8 heteroatoms. The Bertz CT molecular complexity index is 1410. The van der Waals surface area contributed by atoms with Crippen LogP contribution in [0.2, 0.25) is 0 Å². The number of amides is 2. The fourth-order valence-electron chi connectivity index (χ4n) is 4.19. The van der Waals surface area contributed by atoms with Crippen molar-refractivity contribution in [1.29, 1.82) is 5.26 Å². The molecular formula is C29H35N5O2S. The lowest BCUT2D eigenvalue weighted by Gasteiger charge is -2.22. The maximum Gasteiger partial charge on any atom is 0.354 e. The summed E-state index contributed by atoms with van der Waals surface area (Å²) in [4.78, 5) is 15.3. The van der Waals surface area contributed by atoms with E-state index < -0.39 is 15.9 Å². The molecule has 2 amide bonds. The van der Waals surface area contributed by atoms with Crippen molar-refractivity contribution in [3.8, 4) is 17.2 Å². The number of nitrogens with one attached hydrogen (secondary N) is 1. The largest absolute Gasteiger partial charge is 0.354 e. The van der Waals surface area contributed by atoms with Crippen molar-refractivity contribution in [2.75, 3.05) is 19.4 Å². The molecule has 0 fully saturated rings. The number of hydrogen-bond donors (Lipinski definition) is 2. The maximum atomic E-state index is 13.2. The second kappa shape index (κ2) is 11.7. The molecule has 194 valence electrons. The molecule has 0 radical (unpaired) electrons. The Hall–Kier alpha value is -3.51. The normalized spacial score (nSPS) is 12.9. The van der Waals surface area contributed by atoms with Crippen molar-refractivity contribution in [1.82, 2.24) is 4.90 Å². The van der Waals surface area contributed by atoms with E-state index in [4.69, 9.17) is 5.14 Å². The quantitative estimate of drug-likeness (QED) is 0.374. The molecule has 0 saturated heterocycles. The zero-order chi connectivity index (χ0) is 27.3. The third-order valence-corrected chi connectivity index (χ3v) is 7.40. The smallest absolute Gasteiger partial charge is 0.305 e. The number of rotatable bonds is 7. The van der Waals surface area contributed by atoms with E-state index in [1.807, 2.05) is 89.2 Å². The lowest BCUT2D eigenvalue weighted by Crippen LogP contribution is -2.19. The minimum atomic E-state index is -3.44. The van der Waals surface area contributed by atoms with Crippen molar-refractivity contribution in [2.24, 2.45) is 9.50 Å². The molecule has 0 spiro atoms. The summed E-state index contributed by atoms with van der Waals surface area (Å²) >= 11 is 0. The second-order valence-corrected chi connectivity index (χ2v) is 11.8. The van der Waals surface area contributed by atoms with Gasteiger partial charge in [0, 0.05) is 12.2 Å². The number of nitrogens with two attached hydrogens (primary N) is 1. The highest BCUT2D eigenvalue weighted by atomic mass is 32.2. The molecule has 0 aliphatic heterocycles. The summed E-state index contributed by atoms with van der Waals surface area (Å²) in [7, 11) is 0.489. The van der Waals surface area contributed by atoms with Crippen LogP contribution in [0.15, 0.2) is 69.9 Å². The van der Waals surface area contributed by atoms with Gasteiger partial charge in [-0.1, -0.05) is 58.0 Å². The lowest BCUT2D eigenvalue weighted by atomic mass is 9.87. The fourth-order valence-corrected chi connectivity index (χ4v) is 5.11. The number of carbonyl (C=O) groups excluding carboxylic acids is 1. The van der Waals surface area contributed by atoms with Crippen LogP contribution in [0.25, 0.3) is 11.1 Å². The van der Waals surface area contributed by atoms with Crippen molar-refractivity contribution < 1.29 is 9.00 Å². The van der Waals surface area contributed by atoms with Crippen molar-refractivity contribution in [3.05, 3.63) is 82.9 Å². The first-order valence-corrected chi connectivity index (χ1v) is 13.8. The molecule has 3 rings (SSSR count). The lowest BCUT2D eigenvalue weighted by molar-refractivity contribution is 0.260. The average molecular weight is 518 g/mol. The van der Waals surface area contributed by atoms with Crippen LogP contribution in [0, 0.1) is 11.3 Å². The van der Waals surface area contributed by atoms with Gasteiger partial charge in [0.2, 0.25) is 0 Å². The average Bonchev–Trinajstić information content (AvgIpc) is 2.83. The first-order chi connectivity index (χ1) is 17.4. The molecule has 1 unspecified atom stereocenters. The predicted molar refractivity (Wildman–Crippen MR) is 151 cm³/mol. The molecule has 3 N–H and O–H groups in total. The van der Waals surface area contributed by atoms with Gasteiger partial charge in [-0.3, -0.25) is 0 Å². The van der Waals surface area contributed by atoms with Crippen LogP contribution in [-0.2, 0) is 16.5 Å². The summed E-state index contributed by atoms with van der Waals surface area (Å²) in [5.74, 6) is 0.127. The van der Waals surface area contributed by atoms with Crippen molar-refractivity contribution >= 4 is 21.6 Å². The van der Waals surface area contributed by atoms with E-state index in [0.717, 1.165) is 34.4 Å². The van der Waals surface area contributed by atoms with Crippen LogP contribution >= 0.6 is 0 Å². The van der Waals surface area contributed by atoms with Gasteiger partial charge in [-0.2, -0.15) is 5.26 Å². The molecule has 7 nitrogen and oxygen atoms in total. The third kappa shape index (κ3) is 6.83. The van der Waals surface area contributed by atoms with Crippen LogP contribution < -0.4 is 10.5 Å². The number of carbonyl (C=O) groups is 1. The van der Waals surface area contributed by atoms with Crippen molar-refractivity contribution in [2.45, 2.75) is 51.0 Å². The topological polar surface area (TPSA) is 112 Å². The molecule has 3 aromatic rings. The van der Waals surface area contributed by atoms with Gasteiger partial charge in [-0.25, -0.2) is 14.1 Å². The minimum Gasteiger partial charge on any atom is -0.305 e. The molecule has 0 aliphatic carbocycles. The number of anilines is 1.